The molecule has 3 heterocycles. The third-order valence-electron chi connectivity index (χ3n) is 6.21. The van der Waals surface area contributed by atoms with Crippen LogP contribution in [0.5, 0.6) is 11.9 Å². The Bertz CT molecular complexity index is 1450. The molecule has 1 amide bonds. The molecule has 10 heteroatoms. The SMILES string of the molecule is COc1nc(OC)c2c(ccn2CCC2(O)NC(=O)C(OCc3ccccc3)=C2OCc2ccccc2)n1. The Kier molecular flexibility index (Phi) is 7.14. The van der Waals surface area contributed by atoms with Crippen LogP contribution in [0.4, 0.5) is 0 Å². The molecule has 196 valence electrons. The maximum absolute atomic E-state index is 13.0. The topological polar surface area (TPSA) is 117 Å². The van der Waals surface area contributed by atoms with Crippen molar-refractivity contribution in [3.05, 3.63) is 95.6 Å². The van der Waals surface area contributed by atoms with Gasteiger partial charge in [0, 0.05) is 19.2 Å². The zero-order chi connectivity index (χ0) is 26.5. The van der Waals surface area contributed by atoms with Crippen molar-refractivity contribution in [2.24, 2.45) is 0 Å². The number of nitrogens with zero attached hydrogens (tertiary/aromatic N) is 3. The number of hydrogen-bond acceptors (Lipinski definition) is 8. The largest absolute Gasteiger partial charge is 0.484 e. The van der Waals surface area contributed by atoms with Gasteiger partial charge in [0.25, 0.3) is 5.91 Å². The minimum absolute atomic E-state index is 0.0450. The summed E-state index contributed by atoms with van der Waals surface area (Å²) >= 11 is 0. The monoisotopic (exact) mass is 516 g/mol. The number of ether oxygens (including phenoxy) is 4. The molecule has 1 unspecified atom stereocenters. The second kappa shape index (κ2) is 10.8. The molecule has 0 fully saturated rings. The van der Waals surface area contributed by atoms with Crippen LogP contribution in [0.15, 0.2) is 84.4 Å². The molecule has 1 aliphatic rings. The van der Waals surface area contributed by atoms with Crippen molar-refractivity contribution in [3.63, 3.8) is 0 Å². The zero-order valence-electron chi connectivity index (χ0n) is 21.1. The molecule has 1 aliphatic heterocycles. The van der Waals surface area contributed by atoms with Crippen LogP contribution in [0.1, 0.15) is 17.5 Å². The van der Waals surface area contributed by atoms with Crippen LogP contribution in [-0.4, -0.2) is 45.5 Å². The van der Waals surface area contributed by atoms with E-state index in [2.05, 4.69) is 15.3 Å². The van der Waals surface area contributed by atoms with Crippen LogP contribution in [-0.2, 0) is 34.0 Å². The molecule has 2 N–H and O–H groups in total. The average molecular weight is 517 g/mol. The second-order valence-corrected chi connectivity index (χ2v) is 8.73. The minimum Gasteiger partial charge on any atom is -0.484 e. The lowest BCUT2D eigenvalue weighted by atomic mass is 10.1. The number of aliphatic hydroxyl groups is 1. The van der Waals surface area contributed by atoms with E-state index < -0.39 is 11.6 Å². The van der Waals surface area contributed by atoms with Gasteiger partial charge in [-0.2, -0.15) is 9.97 Å². The molecule has 0 spiro atoms. The van der Waals surface area contributed by atoms with Gasteiger partial charge in [-0.3, -0.25) is 4.79 Å². The maximum Gasteiger partial charge on any atom is 0.320 e. The van der Waals surface area contributed by atoms with Gasteiger partial charge in [0.1, 0.15) is 18.7 Å². The van der Waals surface area contributed by atoms with Crippen molar-refractivity contribution in [1.82, 2.24) is 19.9 Å². The van der Waals surface area contributed by atoms with Gasteiger partial charge in [-0.05, 0) is 17.2 Å². The van der Waals surface area contributed by atoms with Crippen molar-refractivity contribution in [2.45, 2.75) is 31.9 Å². The number of hydrogen-bond donors (Lipinski definition) is 2. The molecule has 1 atom stereocenters. The van der Waals surface area contributed by atoms with Crippen molar-refractivity contribution < 1.29 is 28.8 Å². The van der Waals surface area contributed by atoms with Gasteiger partial charge < -0.3 is 33.9 Å². The molecular formula is C28H28N4O6. The lowest BCUT2D eigenvalue weighted by Crippen LogP contribution is -2.45. The van der Waals surface area contributed by atoms with E-state index >= 15 is 0 Å². The van der Waals surface area contributed by atoms with E-state index in [1.54, 1.807) is 6.07 Å². The summed E-state index contributed by atoms with van der Waals surface area (Å²) in [4.78, 5) is 21.6. The normalized spacial score (nSPS) is 17.0. The minimum atomic E-state index is -1.80. The number of nitrogens with one attached hydrogen (secondary N) is 1. The molecule has 38 heavy (non-hydrogen) atoms. The molecule has 5 rings (SSSR count). The highest BCUT2D eigenvalue weighted by Gasteiger charge is 2.47. The first kappa shape index (κ1) is 25.1. The first-order valence-electron chi connectivity index (χ1n) is 12.1. The lowest BCUT2D eigenvalue weighted by Gasteiger charge is -2.26. The summed E-state index contributed by atoms with van der Waals surface area (Å²) in [7, 11) is 2.99. The number of rotatable bonds is 11. The van der Waals surface area contributed by atoms with Crippen LogP contribution in [0.2, 0.25) is 0 Å². The van der Waals surface area contributed by atoms with E-state index in [9.17, 15) is 9.90 Å². The summed E-state index contributed by atoms with van der Waals surface area (Å²) in [5, 5.41) is 14.3. The number of fused-ring (bicyclic) bond motifs is 1. The Morgan fingerprint density at radius 2 is 1.55 bits per heavy atom. The number of methoxy groups -OCH3 is 2. The number of carbonyl (C=O) groups is 1. The van der Waals surface area contributed by atoms with Crippen LogP contribution in [0, 0.1) is 0 Å². The molecule has 2 aromatic heterocycles. The summed E-state index contributed by atoms with van der Waals surface area (Å²) in [5.41, 5.74) is 1.23. The van der Waals surface area contributed by atoms with E-state index in [1.165, 1.54) is 14.2 Å². The third-order valence-corrected chi connectivity index (χ3v) is 6.21. The summed E-state index contributed by atoms with van der Waals surface area (Å²) in [5.74, 6) is -0.212. The van der Waals surface area contributed by atoms with Crippen LogP contribution in [0.3, 0.4) is 0 Å². The second-order valence-electron chi connectivity index (χ2n) is 8.73. The van der Waals surface area contributed by atoms with Gasteiger partial charge in [0.2, 0.25) is 17.4 Å². The molecule has 0 bridgehead atoms. The highest BCUT2D eigenvalue weighted by atomic mass is 16.5. The van der Waals surface area contributed by atoms with Crippen LogP contribution >= 0.6 is 0 Å². The fraction of sp³-hybridized carbons (Fsp3) is 0.250. The van der Waals surface area contributed by atoms with E-state index in [0.29, 0.717) is 16.9 Å². The molecule has 0 aliphatic carbocycles. The Morgan fingerprint density at radius 1 is 0.895 bits per heavy atom. The molecule has 4 aromatic rings. The van der Waals surface area contributed by atoms with Gasteiger partial charge in [0.15, 0.2) is 5.76 Å². The number of carbonyl (C=O) groups excluding carboxylic acids is 1. The summed E-state index contributed by atoms with van der Waals surface area (Å²) < 4.78 is 24.4. The van der Waals surface area contributed by atoms with Crippen molar-refractivity contribution in [1.29, 1.82) is 0 Å². The van der Waals surface area contributed by atoms with Crippen molar-refractivity contribution in [2.75, 3.05) is 14.2 Å². The fourth-order valence-electron chi connectivity index (χ4n) is 4.30. The molecule has 2 aromatic carbocycles. The molecule has 0 saturated heterocycles. The highest BCUT2D eigenvalue weighted by molar-refractivity contribution is 5.95. The van der Waals surface area contributed by atoms with Gasteiger partial charge in [-0.25, -0.2) is 0 Å². The van der Waals surface area contributed by atoms with Gasteiger partial charge in [-0.1, -0.05) is 60.7 Å². The van der Waals surface area contributed by atoms with E-state index in [0.717, 1.165) is 11.1 Å². The summed E-state index contributed by atoms with van der Waals surface area (Å²) in [6.07, 6.45) is 1.89. The van der Waals surface area contributed by atoms with Gasteiger partial charge >= 0.3 is 6.01 Å². The lowest BCUT2D eigenvalue weighted by molar-refractivity contribution is -0.124. The predicted octanol–water partition coefficient (Wildman–Crippen LogP) is 3.30. The molecule has 0 radical (unpaired) electrons. The first-order valence-corrected chi connectivity index (χ1v) is 12.1. The smallest absolute Gasteiger partial charge is 0.320 e. The van der Waals surface area contributed by atoms with Gasteiger partial charge in [-0.15, -0.1) is 0 Å². The standard InChI is InChI=1S/C28H28N4O6/c1-35-26-22-21(29-27(30-26)36-2)13-15-32(22)16-14-28(34)24(38-18-20-11-7-4-8-12-20)23(25(33)31-28)37-17-19-9-5-3-6-10-19/h3-13,15,34H,14,16-18H2,1-2H3,(H,31,33). The Hall–Kier alpha value is -4.57. The number of aromatic nitrogens is 3. The van der Waals surface area contributed by atoms with Crippen molar-refractivity contribution >= 4 is 16.9 Å². The molecule has 0 saturated carbocycles. The number of aryl methyl sites for hydroxylation is 1. The maximum atomic E-state index is 13.0. The predicted molar refractivity (Wildman–Crippen MR) is 138 cm³/mol. The van der Waals surface area contributed by atoms with E-state index in [1.807, 2.05) is 71.4 Å². The Morgan fingerprint density at radius 3 is 2.18 bits per heavy atom. The number of amides is 1. The van der Waals surface area contributed by atoms with Crippen LogP contribution in [0.25, 0.3) is 11.0 Å². The highest BCUT2D eigenvalue weighted by Crippen LogP contribution is 2.33. The third kappa shape index (κ3) is 5.12. The molecule has 10 nitrogen and oxygen atoms in total. The molecular weight excluding hydrogens is 488 g/mol. The number of benzene rings is 2. The fourth-order valence-corrected chi connectivity index (χ4v) is 4.30. The van der Waals surface area contributed by atoms with Crippen molar-refractivity contribution in [3.8, 4) is 11.9 Å². The zero-order valence-corrected chi connectivity index (χ0v) is 21.1. The Balaban J connectivity index is 1.42. The van der Waals surface area contributed by atoms with E-state index in [-0.39, 0.29) is 43.7 Å². The van der Waals surface area contributed by atoms with Gasteiger partial charge in [0.05, 0.1) is 19.7 Å². The van der Waals surface area contributed by atoms with E-state index in [4.69, 9.17) is 18.9 Å². The average Bonchev–Trinajstić information content (AvgIpc) is 3.47. The first-order chi connectivity index (χ1) is 18.5. The van der Waals surface area contributed by atoms with Crippen LogP contribution < -0.4 is 14.8 Å². The summed E-state index contributed by atoms with van der Waals surface area (Å²) in [6, 6.07) is 21.0. The Labute approximate surface area is 219 Å². The summed E-state index contributed by atoms with van der Waals surface area (Å²) in [6.45, 7) is 0.590. The quantitative estimate of drug-likeness (QED) is 0.312.